The summed E-state index contributed by atoms with van der Waals surface area (Å²) in [4.78, 5) is 28.0. The molecule has 0 aliphatic carbocycles. The molecule has 2 amide bonds. The van der Waals surface area contributed by atoms with Crippen molar-refractivity contribution in [1.82, 2.24) is 10.2 Å². The third-order valence-corrected chi connectivity index (χ3v) is 8.72. The molecule has 202 valence electrons. The van der Waals surface area contributed by atoms with E-state index < -0.39 is 28.5 Å². The van der Waals surface area contributed by atoms with Gasteiger partial charge < -0.3 is 10.2 Å². The van der Waals surface area contributed by atoms with E-state index in [0.29, 0.717) is 12.8 Å². The molecule has 38 heavy (non-hydrogen) atoms. The van der Waals surface area contributed by atoms with E-state index in [-0.39, 0.29) is 33.1 Å². The van der Waals surface area contributed by atoms with Gasteiger partial charge in [-0.3, -0.25) is 13.9 Å². The van der Waals surface area contributed by atoms with Crippen LogP contribution in [0.15, 0.2) is 77.7 Å². The normalized spacial score (nSPS) is 12.0. The molecule has 1 unspecified atom stereocenters. The van der Waals surface area contributed by atoms with E-state index in [1.165, 1.54) is 42.3 Å². The SMILES string of the molecule is CCC(C(=O)NC)N(CCc1ccccc1)C(=O)CN(c1ccc(Cl)c(Cl)c1)S(=O)(=O)c1ccc(C)cc1. The average Bonchev–Trinajstić information content (AvgIpc) is 2.91. The molecule has 3 aromatic rings. The lowest BCUT2D eigenvalue weighted by molar-refractivity contribution is -0.139. The number of hydrogen-bond donors (Lipinski definition) is 1. The van der Waals surface area contributed by atoms with Gasteiger partial charge in [-0.2, -0.15) is 0 Å². The average molecular weight is 577 g/mol. The molecule has 7 nitrogen and oxygen atoms in total. The number of carbonyl (C=O) groups excluding carboxylic acids is 2. The summed E-state index contributed by atoms with van der Waals surface area (Å²) in [5.41, 5.74) is 2.07. The minimum Gasteiger partial charge on any atom is -0.357 e. The van der Waals surface area contributed by atoms with Crippen LogP contribution >= 0.6 is 23.2 Å². The number of likely N-dealkylation sites (N-methyl/N-ethyl adjacent to an activating group) is 1. The van der Waals surface area contributed by atoms with Crippen molar-refractivity contribution >= 4 is 50.7 Å². The number of benzene rings is 3. The highest BCUT2D eigenvalue weighted by molar-refractivity contribution is 7.92. The second-order valence-corrected chi connectivity index (χ2v) is 11.5. The van der Waals surface area contributed by atoms with Crippen LogP contribution in [0, 0.1) is 6.92 Å². The fraction of sp³-hybridized carbons (Fsp3) is 0.286. The summed E-state index contributed by atoms with van der Waals surface area (Å²) in [7, 11) is -2.66. The number of halogens is 2. The number of hydrogen-bond acceptors (Lipinski definition) is 4. The molecule has 1 atom stereocenters. The number of anilines is 1. The Morgan fingerprint density at radius 2 is 1.61 bits per heavy atom. The third kappa shape index (κ3) is 7.07. The highest BCUT2D eigenvalue weighted by atomic mass is 35.5. The zero-order valence-electron chi connectivity index (χ0n) is 21.5. The zero-order chi connectivity index (χ0) is 27.9. The van der Waals surface area contributed by atoms with Gasteiger partial charge in [-0.25, -0.2) is 8.42 Å². The highest BCUT2D eigenvalue weighted by Gasteiger charge is 2.33. The molecule has 0 saturated carbocycles. The molecule has 0 spiro atoms. The first-order chi connectivity index (χ1) is 18.1. The molecule has 3 rings (SSSR count). The number of amides is 2. The van der Waals surface area contributed by atoms with E-state index in [2.05, 4.69) is 5.32 Å². The first kappa shape index (κ1) is 29.5. The molecular weight excluding hydrogens is 545 g/mol. The van der Waals surface area contributed by atoms with E-state index >= 15 is 0 Å². The largest absolute Gasteiger partial charge is 0.357 e. The van der Waals surface area contributed by atoms with Crippen LogP contribution in [0.3, 0.4) is 0 Å². The van der Waals surface area contributed by atoms with Gasteiger partial charge in [0.2, 0.25) is 11.8 Å². The number of sulfonamides is 1. The Bertz CT molecular complexity index is 1370. The van der Waals surface area contributed by atoms with Crippen molar-refractivity contribution in [3.8, 4) is 0 Å². The first-order valence-corrected chi connectivity index (χ1v) is 14.4. The Balaban J connectivity index is 2.03. The zero-order valence-corrected chi connectivity index (χ0v) is 23.9. The number of nitrogens with zero attached hydrogens (tertiary/aromatic N) is 2. The van der Waals surface area contributed by atoms with Crippen molar-refractivity contribution in [2.45, 2.75) is 37.6 Å². The summed E-state index contributed by atoms with van der Waals surface area (Å²) in [6.45, 7) is 3.36. The van der Waals surface area contributed by atoms with Crippen molar-refractivity contribution in [3.63, 3.8) is 0 Å². The van der Waals surface area contributed by atoms with Crippen LogP contribution in [-0.2, 0) is 26.0 Å². The van der Waals surface area contributed by atoms with Crippen LogP contribution in [0.25, 0.3) is 0 Å². The van der Waals surface area contributed by atoms with Crippen molar-refractivity contribution in [2.75, 3.05) is 24.4 Å². The van der Waals surface area contributed by atoms with E-state index in [0.717, 1.165) is 15.4 Å². The molecule has 0 aliphatic heterocycles. The van der Waals surface area contributed by atoms with Gasteiger partial charge in [0, 0.05) is 13.6 Å². The van der Waals surface area contributed by atoms with Crippen LogP contribution < -0.4 is 9.62 Å². The Hall–Kier alpha value is -3.07. The lowest BCUT2D eigenvalue weighted by Crippen LogP contribution is -2.52. The Kier molecular flexibility index (Phi) is 10.2. The van der Waals surface area contributed by atoms with Gasteiger partial charge in [-0.05, 0) is 55.7 Å². The molecule has 0 bridgehead atoms. The molecule has 0 saturated heterocycles. The number of nitrogens with one attached hydrogen (secondary N) is 1. The number of carbonyl (C=O) groups is 2. The Morgan fingerprint density at radius 1 is 0.947 bits per heavy atom. The molecular formula is C28H31Cl2N3O4S. The van der Waals surface area contributed by atoms with Crippen LogP contribution in [0.1, 0.15) is 24.5 Å². The maximum Gasteiger partial charge on any atom is 0.264 e. The van der Waals surface area contributed by atoms with E-state index in [1.807, 2.05) is 44.2 Å². The van der Waals surface area contributed by atoms with Crippen LogP contribution in [-0.4, -0.2) is 51.3 Å². The summed E-state index contributed by atoms with van der Waals surface area (Å²) >= 11 is 12.3. The summed E-state index contributed by atoms with van der Waals surface area (Å²) in [6, 6.07) is 19.6. The maximum absolute atomic E-state index is 13.8. The molecule has 0 fully saturated rings. The molecule has 3 aromatic carbocycles. The highest BCUT2D eigenvalue weighted by Crippen LogP contribution is 2.31. The van der Waals surface area contributed by atoms with Crippen LogP contribution in [0.2, 0.25) is 10.0 Å². The van der Waals surface area contributed by atoms with Crippen molar-refractivity contribution in [1.29, 1.82) is 0 Å². The monoisotopic (exact) mass is 575 g/mol. The molecule has 0 aromatic heterocycles. The number of rotatable bonds is 11. The molecule has 0 aliphatic rings. The Morgan fingerprint density at radius 3 is 2.18 bits per heavy atom. The van der Waals surface area contributed by atoms with Gasteiger partial charge in [-0.15, -0.1) is 0 Å². The van der Waals surface area contributed by atoms with Gasteiger partial charge in [0.25, 0.3) is 10.0 Å². The minimum absolute atomic E-state index is 0.0242. The molecule has 10 heteroatoms. The van der Waals surface area contributed by atoms with Crippen molar-refractivity contribution < 1.29 is 18.0 Å². The van der Waals surface area contributed by atoms with Gasteiger partial charge in [0.15, 0.2) is 0 Å². The lowest BCUT2D eigenvalue weighted by atomic mass is 10.1. The Labute approximate surface area is 234 Å². The van der Waals surface area contributed by atoms with E-state index in [1.54, 1.807) is 12.1 Å². The van der Waals surface area contributed by atoms with E-state index in [4.69, 9.17) is 23.2 Å². The fourth-order valence-corrected chi connectivity index (χ4v) is 5.77. The van der Waals surface area contributed by atoms with Gasteiger partial charge >= 0.3 is 0 Å². The third-order valence-electron chi connectivity index (χ3n) is 6.20. The predicted molar refractivity (Wildman–Crippen MR) is 152 cm³/mol. The molecule has 0 radical (unpaired) electrons. The molecule has 0 heterocycles. The van der Waals surface area contributed by atoms with Gasteiger partial charge in [0.05, 0.1) is 20.6 Å². The summed E-state index contributed by atoms with van der Waals surface area (Å²) in [5.74, 6) is -0.838. The van der Waals surface area contributed by atoms with Crippen LogP contribution in [0.4, 0.5) is 5.69 Å². The second kappa shape index (κ2) is 13.1. The first-order valence-electron chi connectivity index (χ1n) is 12.2. The van der Waals surface area contributed by atoms with Gasteiger partial charge in [0.1, 0.15) is 12.6 Å². The van der Waals surface area contributed by atoms with Crippen molar-refractivity contribution in [2.24, 2.45) is 0 Å². The minimum atomic E-state index is -4.17. The molecule has 1 N–H and O–H groups in total. The fourth-order valence-electron chi connectivity index (χ4n) is 4.07. The second-order valence-electron chi connectivity index (χ2n) is 8.78. The predicted octanol–water partition coefficient (Wildman–Crippen LogP) is 5.09. The summed E-state index contributed by atoms with van der Waals surface area (Å²) in [5, 5.41) is 3.02. The van der Waals surface area contributed by atoms with Crippen molar-refractivity contribution in [3.05, 3.63) is 94.0 Å². The summed E-state index contributed by atoms with van der Waals surface area (Å²) in [6.07, 6.45) is 0.856. The van der Waals surface area contributed by atoms with Gasteiger partial charge in [-0.1, -0.05) is 78.2 Å². The van der Waals surface area contributed by atoms with Crippen LogP contribution in [0.5, 0.6) is 0 Å². The number of aryl methyl sites for hydroxylation is 1. The quantitative estimate of drug-likeness (QED) is 0.345. The van der Waals surface area contributed by atoms with E-state index in [9.17, 15) is 18.0 Å². The topological polar surface area (TPSA) is 86.8 Å². The smallest absolute Gasteiger partial charge is 0.264 e. The standard InChI is InChI=1S/C28H31Cl2N3O4S/c1-4-26(28(35)31-3)32(17-16-21-8-6-5-7-9-21)27(34)19-33(22-12-15-24(29)25(30)18-22)38(36,37)23-13-10-20(2)11-14-23/h5-15,18,26H,4,16-17,19H2,1-3H3,(H,31,35). The lowest BCUT2D eigenvalue weighted by Gasteiger charge is -2.33. The maximum atomic E-state index is 13.8. The summed E-state index contributed by atoms with van der Waals surface area (Å²) < 4.78 is 28.6.